The Morgan fingerprint density at radius 1 is 1.00 bits per heavy atom. The lowest BCUT2D eigenvalue weighted by Crippen LogP contribution is -2.19. The maximum atomic E-state index is 13.8. The van der Waals surface area contributed by atoms with Crippen LogP contribution < -0.4 is 5.30 Å². The largest absolute Gasteiger partial charge is 0.469 e. The van der Waals surface area contributed by atoms with Gasteiger partial charge in [-0.3, -0.25) is 9.59 Å². The summed E-state index contributed by atoms with van der Waals surface area (Å²) >= 11 is 0. The summed E-state index contributed by atoms with van der Waals surface area (Å²) in [5.41, 5.74) is 2.75. The monoisotopic (exact) mass is 358 g/mol. The van der Waals surface area contributed by atoms with Gasteiger partial charge in [0.1, 0.15) is 0 Å². The SMILES string of the molecule is COC(=O)CCP(=O)(C(=O)c1c(C)cc(C)cc1C)c1ccccc1. The number of hydrogen-bond acceptors (Lipinski definition) is 4. The molecule has 25 heavy (non-hydrogen) atoms. The molecule has 1 atom stereocenters. The predicted molar refractivity (Wildman–Crippen MR) is 100 cm³/mol. The maximum Gasteiger partial charge on any atom is 0.305 e. The van der Waals surface area contributed by atoms with Crippen molar-refractivity contribution in [3.05, 3.63) is 64.7 Å². The van der Waals surface area contributed by atoms with Gasteiger partial charge in [-0.25, -0.2) is 0 Å². The molecule has 2 aromatic rings. The summed E-state index contributed by atoms with van der Waals surface area (Å²) in [7, 11) is -2.18. The van der Waals surface area contributed by atoms with Crippen LogP contribution in [0.2, 0.25) is 0 Å². The van der Waals surface area contributed by atoms with Gasteiger partial charge in [0.2, 0.25) is 5.52 Å². The first-order chi connectivity index (χ1) is 11.8. The van der Waals surface area contributed by atoms with E-state index in [1.165, 1.54) is 7.11 Å². The Kier molecular flexibility index (Phi) is 5.97. The van der Waals surface area contributed by atoms with Crippen molar-refractivity contribution in [1.29, 1.82) is 0 Å². The molecule has 132 valence electrons. The molecule has 0 saturated heterocycles. The molecule has 0 fully saturated rings. The van der Waals surface area contributed by atoms with Crippen LogP contribution >= 0.6 is 7.14 Å². The highest BCUT2D eigenvalue weighted by atomic mass is 31.2. The standard InChI is InChI=1S/C20H23O4P/c1-14-12-15(2)19(16(3)13-14)20(22)25(23,11-10-18(21)24-4)17-8-6-5-7-9-17/h5-9,12-13H,10-11H2,1-4H3. The topological polar surface area (TPSA) is 60.4 Å². The van der Waals surface area contributed by atoms with E-state index in [4.69, 9.17) is 0 Å². The molecule has 0 radical (unpaired) electrons. The normalized spacial score (nSPS) is 13.1. The summed E-state index contributed by atoms with van der Waals surface area (Å²) in [6.45, 7) is 5.66. The molecule has 4 nitrogen and oxygen atoms in total. The number of methoxy groups -OCH3 is 1. The third-order valence-electron chi connectivity index (χ3n) is 4.25. The zero-order chi connectivity index (χ0) is 18.6. The van der Waals surface area contributed by atoms with Gasteiger partial charge in [0.15, 0.2) is 7.14 Å². The summed E-state index contributed by atoms with van der Waals surface area (Å²) < 4.78 is 18.4. The van der Waals surface area contributed by atoms with Crippen LogP contribution in [0.5, 0.6) is 0 Å². The van der Waals surface area contributed by atoms with Crippen LogP contribution in [-0.4, -0.2) is 24.8 Å². The lowest BCUT2D eigenvalue weighted by molar-refractivity contribution is -0.140. The second-order valence-electron chi connectivity index (χ2n) is 6.20. The number of rotatable bonds is 6. The molecule has 0 aliphatic rings. The molecule has 0 aliphatic carbocycles. The molecule has 0 aliphatic heterocycles. The Morgan fingerprint density at radius 2 is 1.56 bits per heavy atom. The van der Waals surface area contributed by atoms with Crippen molar-refractivity contribution in [3.8, 4) is 0 Å². The molecule has 2 rings (SSSR count). The highest BCUT2D eigenvalue weighted by Gasteiger charge is 2.36. The van der Waals surface area contributed by atoms with E-state index in [1.807, 2.05) is 32.9 Å². The molecule has 0 bridgehead atoms. The average Bonchev–Trinajstić information content (AvgIpc) is 2.59. The van der Waals surface area contributed by atoms with Crippen molar-refractivity contribution in [3.63, 3.8) is 0 Å². The molecule has 0 heterocycles. The molecule has 2 aromatic carbocycles. The van der Waals surface area contributed by atoms with E-state index in [2.05, 4.69) is 4.74 Å². The lowest BCUT2D eigenvalue weighted by Gasteiger charge is -2.20. The molecular formula is C20H23O4P. The van der Waals surface area contributed by atoms with Gasteiger partial charge in [0, 0.05) is 17.0 Å². The van der Waals surface area contributed by atoms with Gasteiger partial charge in [0.05, 0.1) is 13.5 Å². The van der Waals surface area contributed by atoms with E-state index in [0.29, 0.717) is 10.9 Å². The van der Waals surface area contributed by atoms with E-state index in [0.717, 1.165) is 16.7 Å². The van der Waals surface area contributed by atoms with Crippen molar-refractivity contribution in [1.82, 2.24) is 0 Å². The Hall–Kier alpha value is -2.19. The van der Waals surface area contributed by atoms with E-state index in [-0.39, 0.29) is 12.6 Å². The highest BCUT2D eigenvalue weighted by Crippen LogP contribution is 2.49. The Bertz CT molecular complexity index is 817. The van der Waals surface area contributed by atoms with Crippen molar-refractivity contribution >= 4 is 23.9 Å². The van der Waals surface area contributed by atoms with Crippen LogP contribution in [0.3, 0.4) is 0 Å². The fourth-order valence-electron chi connectivity index (χ4n) is 3.07. The fourth-order valence-corrected chi connectivity index (χ4v) is 5.63. The molecule has 5 heteroatoms. The van der Waals surface area contributed by atoms with Gasteiger partial charge in [0.25, 0.3) is 0 Å². The van der Waals surface area contributed by atoms with Crippen molar-refractivity contribution < 1.29 is 18.9 Å². The van der Waals surface area contributed by atoms with E-state index >= 15 is 0 Å². The number of carbonyl (C=O) groups excluding carboxylic acids is 2. The van der Waals surface area contributed by atoms with Crippen LogP contribution in [0, 0.1) is 20.8 Å². The van der Waals surface area contributed by atoms with Crippen molar-refractivity contribution in [2.75, 3.05) is 13.3 Å². The molecule has 0 amide bonds. The van der Waals surface area contributed by atoms with Gasteiger partial charge in [-0.1, -0.05) is 48.0 Å². The second kappa shape index (κ2) is 7.79. The summed E-state index contributed by atoms with van der Waals surface area (Å²) in [5.74, 6) is -0.471. The number of ether oxygens (including phenoxy) is 1. The molecule has 0 N–H and O–H groups in total. The van der Waals surface area contributed by atoms with Gasteiger partial charge in [-0.15, -0.1) is 0 Å². The van der Waals surface area contributed by atoms with Gasteiger partial charge in [-0.05, 0) is 31.9 Å². The quantitative estimate of drug-likeness (QED) is 0.578. The molecule has 0 saturated carbocycles. The maximum absolute atomic E-state index is 13.8. The van der Waals surface area contributed by atoms with Gasteiger partial charge in [-0.2, -0.15) is 0 Å². The second-order valence-corrected chi connectivity index (χ2v) is 9.05. The smallest absolute Gasteiger partial charge is 0.305 e. The van der Waals surface area contributed by atoms with Crippen LogP contribution in [0.1, 0.15) is 33.5 Å². The van der Waals surface area contributed by atoms with Crippen LogP contribution in [0.4, 0.5) is 0 Å². The number of benzene rings is 2. The first-order valence-corrected chi connectivity index (χ1v) is 10.0. The minimum Gasteiger partial charge on any atom is -0.469 e. The zero-order valence-corrected chi connectivity index (χ0v) is 15.9. The lowest BCUT2D eigenvalue weighted by atomic mass is 10.0. The summed E-state index contributed by atoms with van der Waals surface area (Å²) in [5, 5.41) is 0.475. The van der Waals surface area contributed by atoms with Crippen molar-refractivity contribution in [2.24, 2.45) is 0 Å². The first-order valence-electron chi connectivity index (χ1n) is 8.14. The van der Waals surface area contributed by atoms with Crippen molar-refractivity contribution in [2.45, 2.75) is 27.2 Å². The number of hydrogen-bond donors (Lipinski definition) is 0. The third kappa shape index (κ3) is 4.08. The van der Waals surface area contributed by atoms with E-state index < -0.39 is 18.6 Å². The minimum atomic E-state index is -3.46. The number of esters is 1. The Morgan fingerprint density at radius 3 is 2.08 bits per heavy atom. The molecular weight excluding hydrogens is 335 g/mol. The number of carbonyl (C=O) groups is 2. The highest BCUT2D eigenvalue weighted by molar-refractivity contribution is 7.87. The van der Waals surface area contributed by atoms with Crippen LogP contribution in [0.25, 0.3) is 0 Å². The third-order valence-corrected chi connectivity index (χ3v) is 7.12. The fraction of sp³-hybridized carbons (Fsp3) is 0.300. The van der Waals surface area contributed by atoms with Gasteiger partial charge >= 0.3 is 5.97 Å². The molecule has 1 unspecified atom stereocenters. The van der Waals surface area contributed by atoms with E-state index in [9.17, 15) is 14.2 Å². The van der Waals surface area contributed by atoms with E-state index in [1.54, 1.807) is 30.3 Å². The van der Waals surface area contributed by atoms with Crippen LogP contribution in [-0.2, 0) is 14.1 Å². The predicted octanol–water partition coefficient (Wildman–Crippen LogP) is 4.00. The Balaban J connectivity index is 2.54. The minimum absolute atomic E-state index is 0.0325. The Labute approximate surface area is 148 Å². The summed E-state index contributed by atoms with van der Waals surface area (Å²) in [4.78, 5) is 24.9. The summed E-state index contributed by atoms with van der Waals surface area (Å²) in [6, 6.07) is 12.5. The van der Waals surface area contributed by atoms with Crippen LogP contribution in [0.15, 0.2) is 42.5 Å². The van der Waals surface area contributed by atoms with Gasteiger partial charge < -0.3 is 9.30 Å². The molecule has 0 aromatic heterocycles. The average molecular weight is 358 g/mol. The number of aryl methyl sites for hydroxylation is 3. The molecule has 0 spiro atoms. The zero-order valence-electron chi connectivity index (χ0n) is 15.0. The summed E-state index contributed by atoms with van der Waals surface area (Å²) in [6.07, 6.45) is -0.0896. The first kappa shape index (κ1) is 19.1.